The maximum atomic E-state index is 13.1. The molecule has 2 aromatic carbocycles. The summed E-state index contributed by atoms with van der Waals surface area (Å²) in [5.74, 6) is 1.88. The SMILES string of the molecule is O=C(NCc1nnc2n1CCCCC2)C(Sc1ccccc1)c1ccccc1. The van der Waals surface area contributed by atoms with E-state index in [1.54, 1.807) is 11.8 Å². The summed E-state index contributed by atoms with van der Waals surface area (Å²) in [6, 6.07) is 20.0. The summed E-state index contributed by atoms with van der Waals surface area (Å²) in [4.78, 5) is 14.2. The smallest absolute Gasteiger partial charge is 0.238 e. The predicted molar refractivity (Wildman–Crippen MR) is 111 cm³/mol. The van der Waals surface area contributed by atoms with E-state index in [0.717, 1.165) is 47.9 Å². The van der Waals surface area contributed by atoms with Gasteiger partial charge in [0, 0.05) is 17.9 Å². The molecule has 1 atom stereocenters. The Morgan fingerprint density at radius 1 is 1.00 bits per heavy atom. The van der Waals surface area contributed by atoms with E-state index in [1.165, 1.54) is 6.42 Å². The van der Waals surface area contributed by atoms with Gasteiger partial charge in [-0.15, -0.1) is 22.0 Å². The molecule has 0 fully saturated rings. The molecule has 5 nitrogen and oxygen atoms in total. The second-order valence-corrected chi connectivity index (χ2v) is 8.11. The Kier molecular flexibility index (Phi) is 6.07. The molecule has 0 saturated carbocycles. The fraction of sp³-hybridized carbons (Fsp3) is 0.318. The number of amides is 1. The number of aromatic nitrogens is 3. The van der Waals surface area contributed by atoms with E-state index in [4.69, 9.17) is 0 Å². The predicted octanol–water partition coefficient (Wildman–Crippen LogP) is 4.15. The molecule has 28 heavy (non-hydrogen) atoms. The van der Waals surface area contributed by atoms with Crippen LogP contribution in [0.15, 0.2) is 65.6 Å². The van der Waals surface area contributed by atoms with Crippen LogP contribution in [-0.2, 0) is 24.3 Å². The highest BCUT2D eigenvalue weighted by atomic mass is 32.2. The van der Waals surface area contributed by atoms with E-state index >= 15 is 0 Å². The van der Waals surface area contributed by atoms with Crippen LogP contribution in [0.1, 0.15) is 41.7 Å². The number of fused-ring (bicyclic) bond motifs is 1. The Morgan fingerprint density at radius 2 is 1.75 bits per heavy atom. The van der Waals surface area contributed by atoms with E-state index in [9.17, 15) is 4.79 Å². The normalized spacial score (nSPS) is 14.7. The Hall–Kier alpha value is -2.60. The van der Waals surface area contributed by atoms with Gasteiger partial charge in [0.1, 0.15) is 11.1 Å². The van der Waals surface area contributed by atoms with Crippen LogP contribution in [0.3, 0.4) is 0 Å². The third kappa shape index (κ3) is 4.44. The quantitative estimate of drug-likeness (QED) is 0.640. The van der Waals surface area contributed by atoms with Crippen LogP contribution in [-0.4, -0.2) is 20.7 Å². The number of rotatable bonds is 6. The molecule has 4 rings (SSSR count). The van der Waals surface area contributed by atoms with Gasteiger partial charge in [0.2, 0.25) is 5.91 Å². The van der Waals surface area contributed by atoms with E-state index in [1.807, 2.05) is 60.7 Å². The molecule has 2 heterocycles. The van der Waals surface area contributed by atoms with E-state index < -0.39 is 0 Å². The van der Waals surface area contributed by atoms with Crippen molar-refractivity contribution in [3.8, 4) is 0 Å². The molecular weight excluding hydrogens is 368 g/mol. The lowest BCUT2D eigenvalue weighted by molar-refractivity contribution is -0.120. The molecule has 1 unspecified atom stereocenters. The van der Waals surface area contributed by atoms with Crippen LogP contribution in [0.2, 0.25) is 0 Å². The summed E-state index contributed by atoms with van der Waals surface area (Å²) in [5.41, 5.74) is 0.994. The zero-order valence-corrected chi connectivity index (χ0v) is 16.6. The monoisotopic (exact) mass is 392 g/mol. The minimum absolute atomic E-state index is 0.00831. The number of nitrogens with one attached hydrogen (secondary N) is 1. The summed E-state index contributed by atoms with van der Waals surface area (Å²) in [6.45, 7) is 1.35. The third-order valence-electron chi connectivity index (χ3n) is 4.94. The molecule has 1 aliphatic rings. The van der Waals surface area contributed by atoms with Gasteiger partial charge in [0.05, 0.1) is 6.54 Å². The third-order valence-corrected chi connectivity index (χ3v) is 6.21. The molecule has 1 aliphatic heterocycles. The van der Waals surface area contributed by atoms with Crippen molar-refractivity contribution < 1.29 is 4.79 Å². The van der Waals surface area contributed by atoms with Crippen molar-refractivity contribution in [3.63, 3.8) is 0 Å². The maximum absolute atomic E-state index is 13.1. The van der Waals surface area contributed by atoms with Gasteiger partial charge in [-0.2, -0.15) is 0 Å². The number of benzene rings is 2. The van der Waals surface area contributed by atoms with Crippen LogP contribution in [0.5, 0.6) is 0 Å². The second-order valence-electron chi connectivity index (χ2n) is 6.93. The van der Waals surface area contributed by atoms with Crippen molar-refractivity contribution >= 4 is 17.7 Å². The van der Waals surface area contributed by atoms with Crippen LogP contribution < -0.4 is 5.32 Å². The highest BCUT2D eigenvalue weighted by Gasteiger charge is 2.23. The topological polar surface area (TPSA) is 59.8 Å². The van der Waals surface area contributed by atoms with E-state index in [0.29, 0.717) is 6.54 Å². The molecule has 6 heteroatoms. The number of aryl methyl sites for hydroxylation is 1. The molecule has 0 radical (unpaired) electrons. The highest BCUT2D eigenvalue weighted by molar-refractivity contribution is 8.00. The minimum atomic E-state index is -0.310. The fourth-order valence-electron chi connectivity index (χ4n) is 3.47. The summed E-state index contributed by atoms with van der Waals surface area (Å²) >= 11 is 1.56. The first kappa shape index (κ1) is 18.7. The number of nitrogens with zero attached hydrogens (tertiary/aromatic N) is 3. The van der Waals surface area contributed by atoms with Gasteiger partial charge in [-0.3, -0.25) is 4.79 Å². The largest absolute Gasteiger partial charge is 0.348 e. The molecule has 144 valence electrons. The molecule has 0 saturated heterocycles. The molecule has 1 N–H and O–H groups in total. The summed E-state index contributed by atoms with van der Waals surface area (Å²) < 4.78 is 2.18. The average Bonchev–Trinajstić information content (AvgIpc) is 2.97. The molecule has 0 bridgehead atoms. The minimum Gasteiger partial charge on any atom is -0.348 e. The average molecular weight is 393 g/mol. The van der Waals surface area contributed by atoms with Gasteiger partial charge in [-0.05, 0) is 30.5 Å². The Balaban J connectivity index is 1.49. The molecule has 1 amide bonds. The first-order valence-corrected chi connectivity index (χ1v) is 10.6. The zero-order chi connectivity index (χ0) is 19.2. The summed E-state index contributed by atoms with van der Waals surface area (Å²) in [5, 5.41) is 11.4. The number of hydrogen-bond acceptors (Lipinski definition) is 4. The molecule has 3 aromatic rings. The number of thioether (sulfide) groups is 1. The zero-order valence-electron chi connectivity index (χ0n) is 15.8. The number of carbonyl (C=O) groups is 1. The fourth-order valence-corrected chi connectivity index (χ4v) is 4.54. The van der Waals surface area contributed by atoms with Gasteiger partial charge in [-0.25, -0.2) is 0 Å². The van der Waals surface area contributed by atoms with Crippen LogP contribution in [0, 0.1) is 0 Å². The lowest BCUT2D eigenvalue weighted by atomic mass is 10.1. The molecule has 0 spiro atoms. The van der Waals surface area contributed by atoms with Crippen LogP contribution in [0.4, 0.5) is 0 Å². The van der Waals surface area contributed by atoms with Gasteiger partial charge in [0.15, 0.2) is 5.82 Å². The van der Waals surface area contributed by atoms with Crippen molar-refractivity contribution in [2.24, 2.45) is 0 Å². The van der Waals surface area contributed by atoms with Crippen molar-refractivity contribution in [1.82, 2.24) is 20.1 Å². The standard InChI is InChI=1S/C22H24N4OS/c27-22(23-16-20-25-24-19-14-8-3-9-15-26(19)20)21(17-10-4-1-5-11-17)28-18-12-6-2-7-13-18/h1-2,4-7,10-13,21H,3,8-9,14-16H2,(H,23,27). The number of carbonyl (C=O) groups excluding carboxylic acids is 1. The maximum Gasteiger partial charge on any atom is 0.238 e. The van der Waals surface area contributed by atoms with E-state index in [-0.39, 0.29) is 11.2 Å². The first-order valence-electron chi connectivity index (χ1n) is 9.76. The van der Waals surface area contributed by atoms with Gasteiger partial charge < -0.3 is 9.88 Å². The summed E-state index contributed by atoms with van der Waals surface area (Å²) in [7, 11) is 0. The molecule has 0 aliphatic carbocycles. The lowest BCUT2D eigenvalue weighted by Crippen LogP contribution is -2.29. The second kappa shape index (κ2) is 9.06. The first-order chi connectivity index (χ1) is 13.8. The van der Waals surface area contributed by atoms with Crippen molar-refractivity contribution in [2.45, 2.75) is 48.9 Å². The Bertz CT molecular complexity index is 911. The highest BCUT2D eigenvalue weighted by Crippen LogP contribution is 2.35. The van der Waals surface area contributed by atoms with Crippen molar-refractivity contribution in [3.05, 3.63) is 77.9 Å². The van der Waals surface area contributed by atoms with E-state index in [2.05, 4.69) is 20.1 Å². The Morgan fingerprint density at radius 3 is 2.54 bits per heavy atom. The number of hydrogen-bond donors (Lipinski definition) is 1. The van der Waals surface area contributed by atoms with Gasteiger partial charge in [0.25, 0.3) is 0 Å². The van der Waals surface area contributed by atoms with Gasteiger partial charge in [-0.1, -0.05) is 55.0 Å². The van der Waals surface area contributed by atoms with Crippen molar-refractivity contribution in [2.75, 3.05) is 0 Å². The Labute approximate surface area is 169 Å². The van der Waals surface area contributed by atoms with Gasteiger partial charge >= 0.3 is 0 Å². The molecule has 1 aromatic heterocycles. The van der Waals surface area contributed by atoms with Crippen LogP contribution >= 0.6 is 11.8 Å². The molecular formula is C22H24N4OS. The summed E-state index contributed by atoms with van der Waals surface area (Å²) in [6.07, 6.45) is 4.49. The van der Waals surface area contributed by atoms with Crippen molar-refractivity contribution in [1.29, 1.82) is 0 Å². The lowest BCUT2D eigenvalue weighted by Gasteiger charge is -2.17. The van der Waals surface area contributed by atoms with Crippen LogP contribution in [0.25, 0.3) is 0 Å².